The first-order chi connectivity index (χ1) is 6.02. The Bertz CT molecular complexity index is 260. The molecule has 0 aliphatic carbocycles. The largest absolute Gasteiger partial charge is 0.370 e. The summed E-state index contributed by atoms with van der Waals surface area (Å²) in [6.07, 6.45) is 0.729. The minimum atomic E-state index is -0.250. The summed E-state index contributed by atoms with van der Waals surface area (Å²) >= 11 is 0. The van der Waals surface area contributed by atoms with E-state index >= 15 is 0 Å². The van der Waals surface area contributed by atoms with Crippen LogP contribution in [-0.4, -0.2) is 24.1 Å². The van der Waals surface area contributed by atoms with Crippen molar-refractivity contribution in [1.82, 2.24) is 5.32 Å². The first-order valence-corrected chi connectivity index (χ1v) is 3.87. The van der Waals surface area contributed by atoms with Gasteiger partial charge in [0, 0.05) is 13.0 Å². The molecular weight excluding hydrogens is 170 g/mol. The Morgan fingerprint density at radius 2 is 2.15 bits per heavy atom. The smallest absolute Gasteiger partial charge is 0.195 e. The molecule has 1 aliphatic heterocycles. The number of guanidine groups is 2. The predicted molar refractivity (Wildman–Crippen MR) is 49.4 cm³/mol. The van der Waals surface area contributed by atoms with E-state index in [0.29, 0.717) is 6.54 Å². The Labute approximate surface area is 75.8 Å². The number of nitrogens with zero attached hydrogens (tertiary/aromatic N) is 3. The summed E-state index contributed by atoms with van der Waals surface area (Å²) in [6.45, 7) is 2.44. The van der Waals surface area contributed by atoms with E-state index < -0.39 is 0 Å². The van der Waals surface area contributed by atoms with Crippen molar-refractivity contribution in [2.24, 2.45) is 26.7 Å². The van der Waals surface area contributed by atoms with E-state index in [1.165, 1.54) is 0 Å². The lowest BCUT2D eigenvalue weighted by Gasteiger charge is -2.03. The van der Waals surface area contributed by atoms with Gasteiger partial charge in [-0.15, -0.1) is 0 Å². The predicted octanol–water partition coefficient (Wildman–Crippen LogP) is -0.644. The second kappa shape index (κ2) is 3.38. The molecule has 7 nitrogen and oxygen atoms in total. The summed E-state index contributed by atoms with van der Waals surface area (Å²) in [7, 11) is 0. The van der Waals surface area contributed by atoms with Crippen molar-refractivity contribution in [3.63, 3.8) is 0 Å². The van der Waals surface area contributed by atoms with Crippen LogP contribution in [0, 0.1) is 5.41 Å². The van der Waals surface area contributed by atoms with Gasteiger partial charge >= 0.3 is 0 Å². The van der Waals surface area contributed by atoms with Gasteiger partial charge in [0.25, 0.3) is 0 Å². The molecule has 0 atom stereocenters. The van der Waals surface area contributed by atoms with E-state index in [9.17, 15) is 0 Å². The van der Waals surface area contributed by atoms with Gasteiger partial charge < -0.3 is 11.5 Å². The van der Waals surface area contributed by atoms with Crippen LogP contribution in [0.25, 0.3) is 0 Å². The van der Waals surface area contributed by atoms with Crippen LogP contribution in [0.2, 0.25) is 0 Å². The Kier molecular flexibility index (Phi) is 2.45. The third-order valence-corrected chi connectivity index (χ3v) is 1.57. The summed E-state index contributed by atoms with van der Waals surface area (Å²) in [5.41, 5.74) is 10.2. The van der Waals surface area contributed by atoms with E-state index in [1.807, 2.05) is 6.92 Å². The fourth-order valence-electron chi connectivity index (χ4n) is 0.751. The third-order valence-electron chi connectivity index (χ3n) is 1.57. The van der Waals surface area contributed by atoms with Crippen molar-refractivity contribution < 1.29 is 0 Å². The minimum Gasteiger partial charge on any atom is -0.370 e. The molecule has 6 N–H and O–H groups in total. The van der Waals surface area contributed by atoms with Crippen LogP contribution < -0.4 is 16.8 Å². The van der Waals surface area contributed by atoms with Gasteiger partial charge in [-0.2, -0.15) is 10.2 Å². The highest BCUT2D eigenvalue weighted by molar-refractivity contribution is 5.95. The number of hydrogen-bond donors (Lipinski definition) is 4. The van der Waals surface area contributed by atoms with E-state index in [4.69, 9.17) is 16.9 Å². The van der Waals surface area contributed by atoms with Crippen LogP contribution in [0.15, 0.2) is 15.2 Å². The zero-order chi connectivity index (χ0) is 9.90. The Morgan fingerprint density at radius 1 is 1.54 bits per heavy atom. The highest BCUT2D eigenvalue weighted by Crippen LogP contribution is 2.30. The van der Waals surface area contributed by atoms with Gasteiger partial charge in [-0.1, -0.05) is 0 Å². The highest BCUT2D eigenvalue weighted by atomic mass is 15.4. The van der Waals surface area contributed by atoms with Crippen LogP contribution in [0.1, 0.15) is 13.3 Å². The summed E-state index contributed by atoms with van der Waals surface area (Å²) in [5, 5.41) is 16.9. The van der Waals surface area contributed by atoms with E-state index in [-0.39, 0.29) is 17.6 Å². The standard InChI is InChI=1S/C6H13N7/c1-6(12-13-6)2-3-10-5(9)11-4(7)8/h2-3H2,1H3,(H6,7,8,9,10,11). The lowest BCUT2D eigenvalue weighted by atomic mass is 10.2. The van der Waals surface area contributed by atoms with Crippen molar-refractivity contribution in [2.45, 2.75) is 19.0 Å². The normalized spacial score (nSPS) is 18.4. The zero-order valence-corrected chi connectivity index (χ0v) is 7.41. The molecule has 0 saturated heterocycles. The molecule has 0 unspecified atom stereocenters. The summed E-state index contributed by atoms with van der Waals surface area (Å²) in [5.74, 6) is -0.0648. The highest BCUT2D eigenvalue weighted by Gasteiger charge is 2.32. The zero-order valence-electron chi connectivity index (χ0n) is 7.41. The van der Waals surface area contributed by atoms with Crippen LogP contribution in [0.5, 0.6) is 0 Å². The third kappa shape index (κ3) is 3.50. The van der Waals surface area contributed by atoms with Gasteiger partial charge in [0.05, 0.1) is 0 Å². The molecular formula is C6H13N7. The van der Waals surface area contributed by atoms with Crippen molar-refractivity contribution in [3.8, 4) is 0 Å². The van der Waals surface area contributed by atoms with Crippen LogP contribution in [-0.2, 0) is 0 Å². The molecule has 0 amide bonds. The molecule has 0 fully saturated rings. The monoisotopic (exact) mass is 183 g/mol. The van der Waals surface area contributed by atoms with Crippen LogP contribution >= 0.6 is 0 Å². The quantitative estimate of drug-likeness (QED) is 0.343. The molecule has 72 valence electrons. The van der Waals surface area contributed by atoms with Crippen molar-refractivity contribution in [1.29, 1.82) is 5.41 Å². The van der Waals surface area contributed by atoms with Gasteiger partial charge in [-0.25, -0.2) is 0 Å². The van der Waals surface area contributed by atoms with Crippen molar-refractivity contribution in [2.75, 3.05) is 6.54 Å². The molecule has 13 heavy (non-hydrogen) atoms. The summed E-state index contributed by atoms with van der Waals surface area (Å²) in [4.78, 5) is 3.93. The van der Waals surface area contributed by atoms with Crippen molar-refractivity contribution in [3.05, 3.63) is 0 Å². The Morgan fingerprint density at radius 3 is 2.62 bits per heavy atom. The fourth-order valence-corrected chi connectivity index (χ4v) is 0.751. The molecule has 0 spiro atoms. The molecule has 1 heterocycles. The molecule has 0 aromatic heterocycles. The number of aliphatic imine (C=N–C) groups is 1. The second-order valence-electron chi connectivity index (χ2n) is 2.97. The molecule has 0 radical (unpaired) electrons. The molecule has 7 heteroatoms. The molecule has 1 aliphatic rings. The van der Waals surface area contributed by atoms with E-state index in [0.717, 1.165) is 6.42 Å². The first kappa shape index (κ1) is 9.43. The fraction of sp³-hybridized carbons (Fsp3) is 0.667. The summed E-state index contributed by atoms with van der Waals surface area (Å²) < 4.78 is 0. The number of nitrogens with one attached hydrogen (secondary N) is 2. The van der Waals surface area contributed by atoms with Crippen molar-refractivity contribution >= 4 is 11.9 Å². The van der Waals surface area contributed by atoms with Gasteiger partial charge in [0.1, 0.15) is 0 Å². The SMILES string of the molecule is CC1(CCN=C(N)NC(=N)N)N=N1. The van der Waals surface area contributed by atoms with E-state index in [1.54, 1.807) is 0 Å². The molecule has 0 aromatic rings. The molecule has 1 rings (SSSR count). The Hall–Kier alpha value is -1.66. The molecule has 0 aromatic carbocycles. The topological polar surface area (TPSA) is 125 Å². The lowest BCUT2D eigenvalue weighted by Crippen LogP contribution is -2.40. The molecule has 0 bridgehead atoms. The number of nitrogens with two attached hydrogens (primary N) is 2. The number of hydrogen-bond acceptors (Lipinski definition) is 4. The van der Waals surface area contributed by atoms with Gasteiger partial charge in [0.15, 0.2) is 17.6 Å². The van der Waals surface area contributed by atoms with Crippen LogP contribution in [0.4, 0.5) is 0 Å². The summed E-state index contributed by atoms with van der Waals surface area (Å²) in [6, 6.07) is 0. The van der Waals surface area contributed by atoms with Gasteiger partial charge in [-0.05, 0) is 6.92 Å². The average molecular weight is 183 g/mol. The first-order valence-electron chi connectivity index (χ1n) is 3.87. The lowest BCUT2D eigenvalue weighted by molar-refractivity contribution is 0.610. The maximum absolute atomic E-state index is 6.86. The van der Waals surface area contributed by atoms with Gasteiger partial charge in [-0.3, -0.25) is 15.7 Å². The Balaban J connectivity index is 2.19. The number of rotatable bonds is 3. The second-order valence-corrected chi connectivity index (χ2v) is 2.97. The molecule has 0 saturated carbocycles. The average Bonchev–Trinajstić information content (AvgIpc) is 2.66. The maximum Gasteiger partial charge on any atom is 0.195 e. The van der Waals surface area contributed by atoms with Crippen LogP contribution in [0.3, 0.4) is 0 Å². The van der Waals surface area contributed by atoms with Gasteiger partial charge in [0.2, 0.25) is 0 Å². The maximum atomic E-state index is 6.86. The van der Waals surface area contributed by atoms with E-state index in [2.05, 4.69) is 20.5 Å². The minimum absolute atomic E-state index is 0.150.